The summed E-state index contributed by atoms with van der Waals surface area (Å²) in [6.45, 7) is 0.440. The first-order valence-corrected chi connectivity index (χ1v) is 4.58. The summed E-state index contributed by atoms with van der Waals surface area (Å²) in [5, 5.41) is 6.99. The lowest BCUT2D eigenvalue weighted by atomic mass is 10.2. The van der Waals surface area contributed by atoms with Gasteiger partial charge in [-0.15, -0.1) is 0 Å². The van der Waals surface area contributed by atoms with Gasteiger partial charge < -0.3 is 10.5 Å². The van der Waals surface area contributed by atoms with E-state index in [9.17, 15) is 0 Å². The summed E-state index contributed by atoms with van der Waals surface area (Å²) in [5.41, 5.74) is 8.03. The van der Waals surface area contributed by atoms with Gasteiger partial charge in [-0.3, -0.25) is 10.1 Å². The normalized spacial score (nSPS) is 10.3. The molecule has 0 unspecified atom stereocenters. The number of aromatic nitrogens is 3. The minimum absolute atomic E-state index is 0.440. The van der Waals surface area contributed by atoms with E-state index in [2.05, 4.69) is 15.2 Å². The summed E-state index contributed by atoms with van der Waals surface area (Å²) in [7, 11) is 1.62. The lowest BCUT2D eigenvalue weighted by Crippen LogP contribution is -1.95. The molecule has 5 nitrogen and oxygen atoms in total. The second-order valence-electron chi connectivity index (χ2n) is 3.06. The van der Waals surface area contributed by atoms with E-state index in [0.717, 1.165) is 22.7 Å². The number of rotatable bonds is 3. The van der Waals surface area contributed by atoms with Crippen molar-refractivity contribution in [1.82, 2.24) is 15.2 Å². The summed E-state index contributed by atoms with van der Waals surface area (Å²) in [4.78, 5) is 4.04. The number of hydrogen-bond donors (Lipinski definition) is 2. The molecule has 0 aliphatic carbocycles. The zero-order valence-electron chi connectivity index (χ0n) is 8.40. The summed E-state index contributed by atoms with van der Waals surface area (Å²) in [5.74, 6) is 0.750. The fourth-order valence-corrected chi connectivity index (χ4v) is 1.36. The van der Waals surface area contributed by atoms with Crippen LogP contribution in [0.2, 0.25) is 0 Å². The van der Waals surface area contributed by atoms with Crippen molar-refractivity contribution in [1.29, 1.82) is 0 Å². The van der Waals surface area contributed by atoms with E-state index in [1.54, 1.807) is 25.6 Å². The van der Waals surface area contributed by atoms with Crippen LogP contribution < -0.4 is 10.5 Å². The van der Waals surface area contributed by atoms with Gasteiger partial charge >= 0.3 is 0 Å². The molecule has 0 saturated heterocycles. The van der Waals surface area contributed by atoms with Crippen molar-refractivity contribution < 1.29 is 4.74 Å². The minimum Gasteiger partial charge on any atom is -0.496 e. The number of nitrogens with one attached hydrogen (secondary N) is 1. The second kappa shape index (κ2) is 4.10. The van der Waals surface area contributed by atoms with Gasteiger partial charge in [0.25, 0.3) is 0 Å². The van der Waals surface area contributed by atoms with Gasteiger partial charge in [-0.2, -0.15) is 5.10 Å². The van der Waals surface area contributed by atoms with Crippen molar-refractivity contribution in [3.05, 3.63) is 30.2 Å². The van der Waals surface area contributed by atoms with Crippen molar-refractivity contribution in [2.45, 2.75) is 6.54 Å². The molecule has 0 atom stereocenters. The van der Waals surface area contributed by atoms with Crippen LogP contribution in [-0.4, -0.2) is 22.3 Å². The first-order chi connectivity index (χ1) is 7.35. The summed E-state index contributed by atoms with van der Waals surface area (Å²) >= 11 is 0. The highest BCUT2D eigenvalue weighted by molar-refractivity contribution is 5.65. The van der Waals surface area contributed by atoms with Crippen LogP contribution in [0.4, 0.5) is 0 Å². The second-order valence-corrected chi connectivity index (χ2v) is 3.06. The number of methoxy groups -OCH3 is 1. The van der Waals surface area contributed by atoms with Crippen LogP contribution in [0.3, 0.4) is 0 Å². The van der Waals surface area contributed by atoms with E-state index >= 15 is 0 Å². The van der Waals surface area contributed by atoms with E-state index in [4.69, 9.17) is 10.5 Å². The third-order valence-electron chi connectivity index (χ3n) is 2.13. The maximum absolute atomic E-state index is 5.49. The van der Waals surface area contributed by atoms with E-state index < -0.39 is 0 Å². The minimum atomic E-state index is 0.440. The molecule has 2 heterocycles. The highest BCUT2D eigenvalue weighted by Gasteiger charge is 2.08. The van der Waals surface area contributed by atoms with Crippen molar-refractivity contribution in [3.63, 3.8) is 0 Å². The fraction of sp³-hybridized carbons (Fsp3) is 0.200. The molecule has 0 aromatic carbocycles. The third kappa shape index (κ3) is 1.82. The number of hydrogen-bond acceptors (Lipinski definition) is 4. The number of nitrogens with zero attached hydrogens (tertiary/aromatic N) is 2. The Morgan fingerprint density at radius 3 is 3.07 bits per heavy atom. The van der Waals surface area contributed by atoms with Crippen molar-refractivity contribution >= 4 is 0 Å². The lowest BCUT2D eigenvalue weighted by molar-refractivity contribution is 0.416. The Hall–Kier alpha value is -1.88. The number of nitrogens with two attached hydrogens (primary N) is 1. The SMILES string of the molecule is COc1ccncc1-c1cc(CN)[nH]n1. The van der Waals surface area contributed by atoms with Crippen LogP contribution >= 0.6 is 0 Å². The zero-order valence-corrected chi connectivity index (χ0v) is 8.40. The highest BCUT2D eigenvalue weighted by Crippen LogP contribution is 2.27. The molecule has 15 heavy (non-hydrogen) atoms. The van der Waals surface area contributed by atoms with Gasteiger partial charge in [0.05, 0.1) is 18.4 Å². The zero-order chi connectivity index (χ0) is 10.7. The van der Waals surface area contributed by atoms with E-state index in [1.165, 1.54) is 0 Å². The molecule has 3 N–H and O–H groups in total. The van der Waals surface area contributed by atoms with Gasteiger partial charge in [-0.25, -0.2) is 0 Å². The molecule has 0 aliphatic heterocycles. The Morgan fingerprint density at radius 2 is 2.40 bits per heavy atom. The van der Waals surface area contributed by atoms with Crippen LogP contribution in [0.25, 0.3) is 11.3 Å². The first kappa shape index (κ1) is 9.67. The molecule has 0 saturated carbocycles. The predicted octanol–water partition coefficient (Wildman–Crippen LogP) is 0.939. The molecule has 0 bridgehead atoms. The lowest BCUT2D eigenvalue weighted by Gasteiger charge is -2.03. The number of pyridine rings is 1. The largest absolute Gasteiger partial charge is 0.496 e. The monoisotopic (exact) mass is 204 g/mol. The molecular formula is C10H12N4O. The molecule has 0 aliphatic rings. The van der Waals surface area contributed by atoms with Gasteiger partial charge in [0.15, 0.2) is 0 Å². The molecule has 2 aromatic rings. The Labute approximate surface area is 87.3 Å². The maximum Gasteiger partial charge on any atom is 0.131 e. The molecule has 2 aromatic heterocycles. The van der Waals surface area contributed by atoms with Crippen LogP contribution in [-0.2, 0) is 6.54 Å². The van der Waals surface area contributed by atoms with Crippen LogP contribution in [0, 0.1) is 0 Å². The molecule has 0 fully saturated rings. The molecule has 78 valence electrons. The van der Waals surface area contributed by atoms with Crippen LogP contribution in [0.15, 0.2) is 24.5 Å². The summed E-state index contributed by atoms with van der Waals surface area (Å²) < 4.78 is 5.22. The number of aromatic amines is 1. The first-order valence-electron chi connectivity index (χ1n) is 4.58. The highest BCUT2D eigenvalue weighted by atomic mass is 16.5. The third-order valence-corrected chi connectivity index (χ3v) is 2.13. The fourth-order valence-electron chi connectivity index (χ4n) is 1.36. The Kier molecular flexibility index (Phi) is 2.64. The summed E-state index contributed by atoms with van der Waals surface area (Å²) in [6, 6.07) is 3.69. The van der Waals surface area contributed by atoms with Gasteiger partial charge in [-0.05, 0) is 12.1 Å². The van der Waals surface area contributed by atoms with Crippen molar-refractivity contribution in [3.8, 4) is 17.0 Å². The van der Waals surface area contributed by atoms with Gasteiger partial charge in [0, 0.05) is 24.6 Å². The van der Waals surface area contributed by atoms with E-state index in [0.29, 0.717) is 6.54 Å². The summed E-state index contributed by atoms with van der Waals surface area (Å²) in [6.07, 6.45) is 3.40. The Balaban J connectivity index is 2.44. The Morgan fingerprint density at radius 1 is 1.53 bits per heavy atom. The average molecular weight is 204 g/mol. The standard InChI is InChI=1S/C10H12N4O/c1-15-10-2-3-12-6-8(10)9-4-7(5-11)13-14-9/h2-4,6H,5,11H2,1H3,(H,13,14). The molecule has 0 radical (unpaired) electrons. The van der Waals surface area contributed by atoms with Crippen molar-refractivity contribution in [2.24, 2.45) is 5.73 Å². The maximum atomic E-state index is 5.49. The number of ether oxygens (including phenoxy) is 1. The van der Waals surface area contributed by atoms with Crippen molar-refractivity contribution in [2.75, 3.05) is 7.11 Å². The van der Waals surface area contributed by atoms with Gasteiger partial charge in [0.2, 0.25) is 0 Å². The van der Waals surface area contributed by atoms with Gasteiger partial charge in [-0.1, -0.05) is 0 Å². The quantitative estimate of drug-likeness (QED) is 0.780. The average Bonchev–Trinajstić information content (AvgIpc) is 2.77. The molecule has 0 amide bonds. The molecule has 0 spiro atoms. The van der Waals surface area contributed by atoms with Gasteiger partial charge in [0.1, 0.15) is 5.75 Å². The molecular weight excluding hydrogens is 192 g/mol. The van der Waals surface area contributed by atoms with E-state index in [-0.39, 0.29) is 0 Å². The molecule has 5 heteroatoms. The van der Waals surface area contributed by atoms with E-state index in [1.807, 2.05) is 6.07 Å². The Bertz CT molecular complexity index is 452. The number of H-pyrrole nitrogens is 1. The molecule has 2 rings (SSSR count). The van der Waals surface area contributed by atoms with Crippen LogP contribution in [0.5, 0.6) is 5.75 Å². The topological polar surface area (TPSA) is 76.8 Å². The predicted molar refractivity (Wildman–Crippen MR) is 56.3 cm³/mol. The van der Waals surface area contributed by atoms with Crippen LogP contribution in [0.1, 0.15) is 5.69 Å². The smallest absolute Gasteiger partial charge is 0.131 e.